The van der Waals surface area contributed by atoms with Crippen LogP contribution >= 0.6 is 11.6 Å². The molecule has 3 nitrogen and oxygen atoms in total. The predicted molar refractivity (Wildman–Crippen MR) is 72.9 cm³/mol. The maximum atomic E-state index is 12.5. The van der Waals surface area contributed by atoms with Crippen molar-refractivity contribution in [2.24, 2.45) is 0 Å². The first-order valence-corrected chi connectivity index (χ1v) is 7.13. The molecule has 0 radical (unpaired) electrons. The van der Waals surface area contributed by atoms with Gasteiger partial charge in [-0.3, -0.25) is 9.78 Å². The molecule has 4 heteroatoms. The minimum absolute atomic E-state index is 0.0654. The van der Waals surface area contributed by atoms with Gasteiger partial charge in [-0.1, -0.05) is 19.3 Å². The summed E-state index contributed by atoms with van der Waals surface area (Å²) in [4.78, 5) is 18.4. The number of hydrogen-bond acceptors (Lipinski definition) is 2. The monoisotopic (exact) mass is 266 g/mol. The van der Waals surface area contributed by atoms with Crippen LogP contribution in [0, 0.1) is 0 Å². The fourth-order valence-electron chi connectivity index (χ4n) is 2.59. The van der Waals surface area contributed by atoms with Gasteiger partial charge in [0.05, 0.1) is 5.56 Å². The summed E-state index contributed by atoms with van der Waals surface area (Å²) in [6.07, 6.45) is 9.22. The Bertz CT molecular complexity index is 377. The summed E-state index contributed by atoms with van der Waals surface area (Å²) in [5.74, 6) is 0.554. The lowest BCUT2D eigenvalue weighted by Gasteiger charge is -2.34. The molecule has 18 heavy (non-hydrogen) atoms. The van der Waals surface area contributed by atoms with Gasteiger partial charge in [-0.15, -0.1) is 11.6 Å². The molecular weight excluding hydrogens is 248 g/mol. The second-order valence-electron chi connectivity index (χ2n) is 4.72. The third-order valence-electron chi connectivity index (χ3n) is 3.51. The van der Waals surface area contributed by atoms with Crippen molar-refractivity contribution in [2.45, 2.75) is 38.1 Å². The van der Waals surface area contributed by atoms with Gasteiger partial charge in [0.1, 0.15) is 0 Å². The van der Waals surface area contributed by atoms with Crippen molar-refractivity contribution in [3.63, 3.8) is 0 Å². The topological polar surface area (TPSA) is 33.2 Å². The molecule has 1 aliphatic rings. The third-order valence-corrected chi connectivity index (χ3v) is 3.68. The van der Waals surface area contributed by atoms with Gasteiger partial charge < -0.3 is 4.90 Å². The fraction of sp³-hybridized carbons (Fsp3) is 0.571. The first-order valence-electron chi connectivity index (χ1n) is 6.60. The zero-order valence-corrected chi connectivity index (χ0v) is 11.3. The molecule has 2 rings (SSSR count). The normalized spacial score (nSPS) is 16.5. The van der Waals surface area contributed by atoms with Gasteiger partial charge in [0.15, 0.2) is 0 Å². The number of rotatable bonds is 4. The number of alkyl halides is 1. The molecule has 1 aliphatic carbocycles. The van der Waals surface area contributed by atoms with Crippen molar-refractivity contribution in [1.82, 2.24) is 9.88 Å². The Morgan fingerprint density at radius 2 is 2.17 bits per heavy atom. The predicted octanol–water partition coefficient (Wildman–Crippen LogP) is 3.10. The van der Waals surface area contributed by atoms with Gasteiger partial charge in [0, 0.05) is 30.9 Å². The van der Waals surface area contributed by atoms with E-state index in [1.807, 2.05) is 11.0 Å². The average molecular weight is 267 g/mol. The van der Waals surface area contributed by atoms with Gasteiger partial charge in [-0.2, -0.15) is 0 Å². The van der Waals surface area contributed by atoms with Crippen LogP contribution < -0.4 is 0 Å². The molecule has 0 aliphatic heterocycles. The van der Waals surface area contributed by atoms with Crippen molar-refractivity contribution in [2.75, 3.05) is 12.4 Å². The Kier molecular flexibility index (Phi) is 5.00. The zero-order chi connectivity index (χ0) is 12.8. The van der Waals surface area contributed by atoms with Gasteiger partial charge in [0.2, 0.25) is 0 Å². The quantitative estimate of drug-likeness (QED) is 0.785. The Morgan fingerprint density at radius 3 is 2.78 bits per heavy atom. The third kappa shape index (κ3) is 3.22. The van der Waals surface area contributed by atoms with Crippen LogP contribution in [0.1, 0.15) is 42.5 Å². The number of amides is 1. The Balaban J connectivity index is 2.11. The molecule has 0 spiro atoms. The Morgan fingerprint density at radius 1 is 1.39 bits per heavy atom. The van der Waals surface area contributed by atoms with Crippen LogP contribution in [0.15, 0.2) is 24.5 Å². The highest BCUT2D eigenvalue weighted by Crippen LogP contribution is 2.23. The summed E-state index contributed by atoms with van der Waals surface area (Å²) in [6, 6.07) is 3.97. The molecule has 0 bridgehead atoms. The van der Waals surface area contributed by atoms with Gasteiger partial charge >= 0.3 is 0 Å². The molecule has 1 aromatic rings. The largest absolute Gasteiger partial charge is 0.334 e. The second kappa shape index (κ2) is 6.74. The summed E-state index contributed by atoms with van der Waals surface area (Å²) in [6.45, 7) is 0.625. The van der Waals surface area contributed by atoms with Crippen molar-refractivity contribution >= 4 is 17.5 Å². The first kappa shape index (κ1) is 13.3. The molecule has 1 amide bonds. The minimum atomic E-state index is 0.0654. The van der Waals surface area contributed by atoms with E-state index in [9.17, 15) is 4.79 Å². The molecular formula is C14H19ClN2O. The number of nitrogens with zero attached hydrogens (tertiary/aromatic N) is 2. The average Bonchev–Trinajstić information content (AvgIpc) is 2.46. The lowest BCUT2D eigenvalue weighted by Crippen LogP contribution is -2.42. The fourth-order valence-corrected chi connectivity index (χ4v) is 2.77. The Hall–Kier alpha value is -1.09. The van der Waals surface area contributed by atoms with E-state index in [0.717, 1.165) is 12.8 Å². The zero-order valence-electron chi connectivity index (χ0n) is 10.5. The summed E-state index contributed by atoms with van der Waals surface area (Å²) >= 11 is 5.84. The van der Waals surface area contributed by atoms with Crippen LogP contribution in [-0.2, 0) is 0 Å². The van der Waals surface area contributed by atoms with E-state index in [4.69, 9.17) is 11.6 Å². The van der Waals surface area contributed by atoms with Crippen molar-refractivity contribution in [1.29, 1.82) is 0 Å². The molecule has 1 fully saturated rings. The number of hydrogen-bond donors (Lipinski definition) is 0. The summed E-state index contributed by atoms with van der Waals surface area (Å²) in [5.41, 5.74) is 0.660. The molecule has 0 aromatic carbocycles. The molecule has 1 saturated carbocycles. The van der Waals surface area contributed by atoms with E-state index in [0.29, 0.717) is 24.0 Å². The van der Waals surface area contributed by atoms with Gasteiger partial charge in [-0.25, -0.2) is 0 Å². The SMILES string of the molecule is O=C(c1cccnc1)N(CCCl)C1CCCCC1. The van der Waals surface area contributed by atoms with Gasteiger partial charge in [-0.05, 0) is 25.0 Å². The van der Waals surface area contributed by atoms with Crippen molar-refractivity contribution < 1.29 is 4.79 Å². The molecule has 0 unspecified atom stereocenters. The lowest BCUT2D eigenvalue weighted by molar-refractivity contribution is 0.0649. The summed E-state index contributed by atoms with van der Waals surface area (Å²) in [5, 5.41) is 0. The van der Waals surface area contributed by atoms with Crippen LogP contribution in [0.3, 0.4) is 0 Å². The minimum Gasteiger partial charge on any atom is -0.334 e. The number of carbonyl (C=O) groups excluding carboxylic acids is 1. The smallest absolute Gasteiger partial charge is 0.255 e. The van der Waals surface area contributed by atoms with Gasteiger partial charge in [0.25, 0.3) is 5.91 Å². The van der Waals surface area contributed by atoms with E-state index in [1.54, 1.807) is 18.5 Å². The Labute approximate surface area is 113 Å². The highest BCUT2D eigenvalue weighted by Gasteiger charge is 2.25. The van der Waals surface area contributed by atoms with E-state index in [-0.39, 0.29) is 5.91 Å². The van der Waals surface area contributed by atoms with E-state index in [2.05, 4.69) is 4.98 Å². The van der Waals surface area contributed by atoms with E-state index < -0.39 is 0 Å². The number of aromatic nitrogens is 1. The van der Waals surface area contributed by atoms with Crippen LogP contribution in [0.2, 0.25) is 0 Å². The summed E-state index contributed by atoms with van der Waals surface area (Å²) in [7, 11) is 0. The van der Waals surface area contributed by atoms with E-state index in [1.165, 1.54) is 19.3 Å². The molecule has 1 aromatic heterocycles. The van der Waals surface area contributed by atoms with Crippen molar-refractivity contribution in [3.8, 4) is 0 Å². The standard InChI is InChI=1S/C14H19ClN2O/c15-8-10-17(13-6-2-1-3-7-13)14(18)12-5-4-9-16-11-12/h4-5,9,11,13H,1-3,6-8,10H2. The number of carbonyl (C=O) groups is 1. The van der Waals surface area contributed by atoms with E-state index >= 15 is 0 Å². The molecule has 0 N–H and O–H groups in total. The highest BCUT2D eigenvalue weighted by atomic mass is 35.5. The number of halogens is 1. The first-order chi connectivity index (χ1) is 8.83. The maximum absolute atomic E-state index is 12.5. The van der Waals surface area contributed by atoms with Crippen LogP contribution in [0.5, 0.6) is 0 Å². The molecule has 0 saturated heterocycles. The molecule has 98 valence electrons. The van der Waals surface area contributed by atoms with Crippen LogP contribution in [-0.4, -0.2) is 34.3 Å². The van der Waals surface area contributed by atoms with Crippen LogP contribution in [0.25, 0.3) is 0 Å². The van der Waals surface area contributed by atoms with Crippen LogP contribution in [0.4, 0.5) is 0 Å². The highest BCUT2D eigenvalue weighted by molar-refractivity contribution is 6.18. The van der Waals surface area contributed by atoms with Crippen molar-refractivity contribution in [3.05, 3.63) is 30.1 Å². The maximum Gasteiger partial charge on any atom is 0.255 e. The lowest BCUT2D eigenvalue weighted by atomic mass is 9.94. The number of pyridine rings is 1. The second-order valence-corrected chi connectivity index (χ2v) is 5.10. The summed E-state index contributed by atoms with van der Waals surface area (Å²) < 4.78 is 0. The molecule has 1 heterocycles. The molecule has 0 atom stereocenters.